The fourth-order valence-electron chi connectivity index (χ4n) is 2.59. The van der Waals surface area contributed by atoms with Gasteiger partial charge in [0, 0.05) is 6.07 Å². The quantitative estimate of drug-likeness (QED) is 0.636. The fourth-order valence-corrected chi connectivity index (χ4v) is 2.59. The van der Waals surface area contributed by atoms with E-state index in [1.807, 2.05) is 0 Å². The van der Waals surface area contributed by atoms with Crippen molar-refractivity contribution < 1.29 is 19.3 Å². The number of benzene rings is 1. The number of nitro benzene ring substituents is 1. The molecule has 1 saturated heterocycles. The van der Waals surface area contributed by atoms with Crippen molar-refractivity contribution in [3.05, 3.63) is 34.4 Å². The van der Waals surface area contributed by atoms with E-state index in [0.717, 1.165) is 19.6 Å². The van der Waals surface area contributed by atoms with Gasteiger partial charge in [-0.3, -0.25) is 10.1 Å². The lowest BCUT2D eigenvalue weighted by molar-refractivity contribution is -0.915. The second kappa shape index (κ2) is 6.67. The molecule has 3 atom stereocenters. The number of nitrogens with zero attached hydrogens (tertiary/aromatic N) is 1. The second-order valence-electron chi connectivity index (χ2n) is 5.27. The first-order valence-corrected chi connectivity index (χ1v) is 6.91. The molecule has 0 bridgehead atoms. The van der Waals surface area contributed by atoms with Crippen LogP contribution in [0.2, 0.25) is 0 Å². The van der Waals surface area contributed by atoms with Gasteiger partial charge in [0.1, 0.15) is 44.2 Å². The van der Waals surface area contributed by atoms with Crippen LogP contribution in [0.1, 0.15) is 13.8 Å². The molecule has 1 unspecified atom stereocenters. The molecule has 0 amide bonds. The molecule has 1 fully saturated rings. The number of nitrogens with one attached hydrogen (secondary N) is 1. The van der Waals surface area contributed by atoms with Crippen LogP contribution in [0.15, 0.2) is 24.3 Å². The van der Waals surface area contributed by atoms with Gasteiger partial charge in [0.15, 0.2) is 0 Å². The molecular formula is C14H21N2O4+. The molecule has 1 aliphatic heterocycles. The third-order valence-electron chi connectivity index (χ3n) is 3.37. The zero-order valence-electron chi connectivity index (χ0n) is 11.9. The van der Waals surface area contributed by atoms with E-state index >= 15 is 0 Å². The highest BCUT2D eigenvalue weighted by molar-refractivity contribution is 5.37. The van der Waals surface area contributed by atoms with Crippen molar-refractivity contribution in [2.75, 3.05) is 26.2 Å². The van der Waals surface area contributed by atoms with Gasteiger partial charge in [-0.1, -0.05) is 6.07 Å². The molecule has 0 aliphatic carbocycles. The maximum atomic E-state index is 10.7. The van der Waals surface area contributed by atoms with Crippen molar-refractivity contribution in [3.8, 4) is 5.75 Å². The summed E-state index contributed by atoms with van der Waals surface area (Å²) in [5.74, 6) is 0.549. The molecular weight excluding hydrogens is 260 g/mol. The number of rotatable bonds is 5. The molecule has 1 aromatic carbocycles. The third-order valence-corrected chi connectivity index (χ3v) is 3.37. The van der Waals surface area contributed by atoms with E-state index in [1.165, 1.54) is 17.0 Å². The topological polar surface area (TPSA) is 66.0 Å². The predicted octanol–water partition coefficient (Wildman–Crippen LogP) is 0.666. The Morgan fingerprint density at radius 2 is 2.10 bits per heavy atom. The van der Waals surface area contributed by atoms with E-state index in [0.29, 0.717) is 12.4 Å². The van der Waals surface area contributed by atoms with Crippen molar-refractivity contribution in [2.24, 2.45) is 0 Å². The van der Waals surface area contributed by atoms with Crippen LogP contribution in [0.5, 0.6) is 5.75 Å². The molecule has 0 saturated carbocycles. The van der Waals surface area contributed by atoms with Crippen LogP contribution in [0, 0.1) is 10.1 Å². The van der Waals surface area contributed by atoms with Gasteiger partial charge in [0.2, 0.25) is 0 Å². The SMILES string of the molecule is C[C@@H]1C[NH+](CCOc2cccc([N+](=O)[O-])c2)C[C@H](C)O1. The highest BCUT2D eigenvalue weighted by atomic mass is 16.6. The highest BCUT2D eigenvalue weighted by Gasteiger charge is 2.25. The van der Waals surface area contributed by atoms with Crippen molar-refractivity contribution in [1.82, 2.24) is 0 Å². The molecule has 110 valence electrons. The number of quaternary nitrogens is 1. The van der Waals surface area contributed by atoms with Crippen LogP contribution in [0.4, 0.5) is 5.69 Å². The largest absolute Gasteiger partial charge is 0.487 e. The highest BCUT2D eigenvalue weighted by Crippen LogP contribution is 2.18. The van der Waals surface area contributed by atoms with Gasteiger partial charge < -0.3 is 14.4 Å². The van der Waals surface area contributed by atoms with E-state index in [2.05, 4.69) is 13.8 Å². The molecule has 0 radical (unpaired) electrons. The molecule has 20 heavy (non-hydrogen) atoms. The molecule has 1 heterocycles. The van der Waals surface area contributed by atoms with Crippen LogP contribution in [0.25, 0.3) is 0 Å². The summed E-state index contributed by atoms with van der Waals surface area (Å²) in [5.41, 5.74) is 0.0588. The molecule has 1 aromatic rings. The minimum absolute atomic E-state index is 0.0588. The van der Waals surface area contributed by atoms with E-state index in [9.17, 15) is 10.1 Å². The van der Waals surface area contributed by atoms with Crippen molar-refractivity contribution in [3.63, 3.8) is 0 Å². The van der Waals surface area contributed by atoms with E-state index in [4.69, 9.17) is 9.47 Å². The summed E-state index contributed by atoms with van der Waals surface area (Å²) in [5, 5.41) is 10.7. The van der Waals surface area contributed by atoms with Crippen molar-refractivity contribution in [1.29, 1.82) is 0 Å². The maximum Gasteiger partial charge on any atom is 0.273 e. The summed E-state index contributed by atoms with van der Waals surface area (Å²) in [4.78, 5) is 11.7. The lowest BCUT2D eigenvalue weighted by atomic mass is 10.2. The van der Waals surface area contributed by atoms with Gasteiger partial charge in [-0.25, -0.2) is 0 Å². The number of morpholine rings is 1. The van der Waals surface area contributed by atoms with Gasteiger partial charge in [-0.2, -0.15) is 0 Å². The van der Waals surface area contributed by atoms with Crippen molar-refractivity contribution in [2.45, 2.75) is 26.1 Å². The fraction of sp³-hybridized carbons (Fsp3) is 0.571. The monoisotopic (exact) mass is 281 g/mol. The summed E-state index contributed by atoms with van der Waals surface area (Å²) in [6.07, 6.45) is 0.540. The van der Waals surface area contributed by atoms with Gasteiger partial charge >= 0.3 is 0 Å². The normalized spacial score (nSPS) is 26.2. The number of nitro groups is 1. The van der Waals surface area contributed by atoms with Crippen LogP contribution >= 0.6 is 0 Å². The first kappa shape index (κ1) is 14.7. The lowest BCUT2D eigenvalue weighted by Gasteiger charge is -2.32. The summed E-state index contributed by atoms with van der Waals surface area (Å²) >= 11 is 0. The minimum Gasteiger partial charge on any atom is -0.487 e. The Bertz CT molecular complexity index is 456. The number of hydrogen-bond donors (Lipinski definition) is 1. The van der Waals surface area contributed by atoms with E-state index < -0.39 is 4.92 Å². The summed E-state index contributed by atoms with van der Waals surface area (Å²) in [6, 6.07) is 6.30. The molecule has 2 rings (SSSR count). The van der Waals surface area contributed by atoms with E-state index in [1.54, 1.807) is 12.1 Å². The molecule has 0 spiro atoms. The minimum atomic E-state index is -0.413. The Balaban J connectivity index is 1.81. The standard InChI is InChI=1S/C14H20N2O4/c1-11-9-15(10-12(2)20-11)6-7-19-14-5-3-4-13(8-14)16(17)18/h3-5,8,11-12H,6-7,9-10H2,1-2H3/p+1/t11-,12+. The van der Waals surface area contributed by atoms with E-state index in [-0.39, 0.29) is 17.9 Å². The number of non-ortho nitro benzene ring substituents is 1. The molecule has 1 N–H and O–H groups in total. The van der Waals surface area contributed by atoms with Gasteiger partial charge in [-0.15, -0.1) is 0 Å². The average molecular weight is 281 g/mol. The van der Waals surface area contributed by atoms with Crippen LogP contribution < -0.4 is 9.64 Å². The zero-order chi connectivity index (χ0) is 14.5. The summed E-state index contributed by atoms with van der Waals surface area (Å²) in [7, 11) is 0. The third kappa shape index (κ3) is 4.18. The number of hydrogen-bond acceptors (Lipinski definition) is 4. The molecule has 6 nitrogen and oxygen atoms in total. The van der Waals surface area contributed by atoms with Crippen molar-refractivity contribution >= 4 is 5.69 Å². The summed E-state index contributed by atoms with van der Waals surface area (Å²) in [6.45, 7) is 7.54. The number of ether oxygens (including phenoxy) is 2. The Morgan fingerprint density at radius 3 is 2.75 bits per heavy atom. The van der Waals surface area contributed by atoms with Crippen LogP contribution in [-0.2, 0) is 4.74 Å². The van der Waals surface area contributed by atoms with Gasteiger partial charge in [0.25, 0.3) is 5.69 Å². The maximum absolute atomic E-state index is 10.7. The summed E-state index contributed by atoms with van der Waals surface area (Å²) < 4.78 is 11.3. The molecule has 0 aromatic heterocycles. The van der Waals surface area contributed by atoms with Gasteiger partial charge in [0.05, 0.1) is 11.0 Å². The zero-order valence-corrected chi connectivity index (χ0v) is 11.9. The molecule has 6 heteroatoms. The second-order valence-corrected chi connectivity index (χ2v) is 5.27. The Hall–Kier alpha value is -1.66. The first-order valence-electron chi connectivity index (χ1n) is 6.91. The van der Waals surface area contributed by atoms with Gasteiger partial charge in [-0.05, 0) is 19.9 Å². The van der Waals surface area contributed by atoms with Crippen LogP contribution in [-0.4, -0.2) is 43.4 Å². The smallest absolute Gasteiger partial charge is 0.273 e. The molecule has 1 aliphatic rings. The first-order chi connectivity index (χ1) is 9.54. The lowest BCUT2D eigenvalue weighted by Crippen LogP contribution is -3.16. The Kier molecular flexibility index (Phi) is 4.92. The van der Waals surface area contributed by atoms with Crippen LogP contribution in [0.3, 0.4) is 0 Å². The average Bonchev–Trinajstić information content (AvgIpc) is 2.38. The predicted molar refractivity (Wildman–Crippen MR) is 74.2 cm³/mol. The Morgan fingerprint density at radius 1 is 1.40 bits per heavy atom. The Labute approximate surface area is 118 Å².